The Hall–Kier alpha value is -2.05. The molecule has 1 aliphatic rings. The Kier molecular flexibility index (Phi) is 3.50. The summed E-state index contributed by atoms with van der Waals surface area (Å²) in [4.78, 5) is 38.1. The summed E-state index contributed by atoms with van der Waals surface area (Å²) < 4.78 is 0. The third-order valence-corrected chi connectivity index (χ3v) is 3.34. The normalized spacial score (nSPS) is 22.9. The van der Waals surface area contributed by atoms with Gasteiger partial charge in [-0.1, -0.05) is 6.42 Å². The number of carbonyl (C=O) groups is 2. The van der Waals surface area contributed by atoms with Crippen LogP contribution in [0.3, 0.4) is 0 Å². The number of carbonyl (C=O) groups excluding carboxylic acids is 1. The summed E-state index contributed by atoms with van der Waals surface area (Å²) >= 11 is 0. The van der Waals surface area contributed by atoms with Crippen molar-refractivity contribution in [3.05, 3.63) is 22.4 Å². The van der Waals surface area contributed by atoms with Crippen molar-refractivity contribution in [1.29, 1.82) is 0 Å². The Morgan fingerprint density at radius 2 is 2.22 bits per heavy atom. The number of aliphatic carboxylic acids is 1. The fourth-order valence-corrected chi connectivity index (χ4v) is 2.38. The molecule has 7 nitrogen and oxygen atoms in total. The molecule has 98 valence electrons. The molecule has 1 aromatic heterocycles. The maximum absolute atomic E-state index is 11.6. The van der Waals surface area contributed by atoms with Crippen LogP contribution in [0, 0.1) is 11.8 Å². The number of aromatic amines is 2. The highest BCUT2D eigenvalue weighted by atomic mass is 16.4. The van der Waals surface area contributed by atoms with Gasteiger partial charge in [0.1, 0.15) is 5.69 Å². The van der Waals surface area contributed by atoms with Gasteiger partial charge in [-0.15, -0.1) is 0 Å². The molecule has 2 rings (SSSR count). The zero-order valence-electron chi connectivity index (χ0n) is 9.73. The van der Waals surface area contributed by atoms with Crippen LogP contribution < -0.4 is 11.0 Å². The highest BCUT2D eigenvalue weighted by Gasteiger charge is 2.32. The van der Waals surface area contributed by atoms with Gasteiger partial charge in [0.05, 0.1) is 5.92 Å². The van der Waals surface area contributed by atoms with Crippen LogP contribution in [0.5, 0.6) is 0 Å². The highest BCUT2D eigenvalue weighted by Crippen LogP contribution is 2.31. The molecule has 4 N–H and O–H groups in total. The largest absolute Gasteiger partial charge is 0.481 e. The Bertz CT molecular complexity index is 504. The zero-order chi connectivity index (χ0) is 13.1. The standard InChI is InChI=1S/C11H15N3O4/c15-9(8-5-13-11(18)14-8)12-4-6-2-1-3-7(6)10(16)17/h5-7H,1-4H2,(H,12,15)(H,16,17)(H2,13,14,18). The number of rotatable bonds is 4. The van der Waals surface area contributed by atoms with Crippen molar-refractivity contribution < 1.29 is 14.7 Å². The fourth-order valence-electron chi connectivity index (χ4n) is 2.38. The van der Waals surface area contributed by atoms with Crippen LogP contribution in [0.15, 0.2) is 11.0 Å². The summed E-state index contributed by atoms with van der Waals surface area (Å²) in [5.41, 5.74) is -0.283. The summed E-state index contributed by atoms with van der Waals surface area (Å²) in [6.07, 6.45) is 3.64. The van der Waals surface area contributed by atoms with Crippen molar-refractivity contribution >= 4 is 11.9 Å². The zero-order valence-corrected chi connectivity index (χ0v) is 9.73. The van der Waals surface area contributed by atoms with E-state index < -0.39 is 17.6 Å². The van der Waals surface area contributed by atoms with Crippen LogP contribution >= 0.6 is 0 Å². The molecular weight excluding hydrogens is 238 g/mol. The van der Waals surface area contributed by atoms with Gasteiger partial charge in [0.25, 0.3) is 5.91 Å². The molecule has 1 amide bonds. The Morgan fingerprint density at radius 1 is 1.44 bits per heavy atom. The third kappa shape index (κ3) is 2.61. The van der Waals surface area contributed by atoms with Crippen LogP contribution in [-0.4, -0.2) is 33.5 Å². The predicted octanol–water partition coefficient (Wildman–Crippen LogP) is -0.0663. The van der Waals surface area contributed by atoms with Gasteiger partial charge in [-0.25, -0.2) is 4.79 Å². The molecule has 0 spiro atoms. The molecule has 0 radical (unpaired) electrons. The van der Waals surface area contributed by atoms with Crippen LogP contribution in [0.25, 0.3) is 0 Å². The van der Waals surface area contributed by atoms with E-state index in [0.717, 1.165) is 12.8 Å². The van der Waals surface area contributed by atoms with Gasteiger partial charge < -0.3 is 20.4 Å². The molecule has 2 unspecified atom stereocenters. The van der Waals surface area contributed by atoms with E-state index in [2.05, 4.69) is 15.3 Å². The summed E-state index contributed by atoms with van der Waals surface area (Å²) in [5.74, 6) is -1.61. The van der Waals surface area contributed by atoms with Gasteiger partial charge in [0, 0.05) is 12.7 Å². The topological polar surface area (TPSA) is 115 Å². The number of carboxylic acid groups (broad SMARTS) is 1. The predicted molar refractivity (Wildman–Crippen MR) is 62.2 cm³/mol. The van der Waals surface area contributed by atoms with Crippen LogP contribution in [0.2, 0.25) is 0 Å². The second-order valence-electron chi connectivity index (χ2n) is 4.50. The SMILES string of the molecule is O=C(NCC1CCCC1C(=O)O)c1c[nH]c(=O)[nH]1. The Balaban J connectivity index is 1.90. The van der Waals surface area contributed by atoms with Crippen molar-refractivity contribution in [1.82, 2.24) is 15.3 Å². The molecule has 2 atom stereocenters. The van der Waals surface area contributed by atoms with E-state index in [1.54, 1.807) is 0 Å². The fraction of sp³-hybridized carbons (Fsp3) is 0.545. The number of carboxylic acids is 1. The summed E-state index contributed by atoms with van der Waals surface area (Å²) in [6.45, 7) is 0.322. The first-order valence-electron chi connectivity index (χ1n) is 5.86. The molecule has 0 bridgehead atoms. The van der Waals surface area contributed by atoms with Gasteiger partial charge >= 0.3 is 11.7 Å². The van der Waals surface area contributed by atoms with E-state index in [9.17, 15) is 14.4 Å². The number of H-pyrrole nitrogens is 2. The monoisotopic (exact) mass is 253 g/mol. The average Bonchev–Trinajstić information content (AvgIpc) is 2.94. The van der Waals surface area contributed by atoms with Crippen molar-refractivity contribution in [3.8, 4) is 0 Å². The smallest absolute Gasteiger partial charge is 0.323 e. The van der Waals surface area contributed by atoms with Gasteiger partial charge in [-0.3, -0.25) is 9.59 Å². The highest BCUT2D eigenvalue weighted by molar-refractivity contribution is 5.91. The van der Waals surface area contributed by atoms with E-state index in [1.165, 1.54) is 6.20 Å². The van der Waals surface area contributed by atoms with Crippen molar-refractivity contribution in [2.45, 2.75) is 19.3 Å². The molecule has 7 heteroatoms. The van der Waals surface area contributed by atoms with E-state index in [4.69, 9.17) is 5.11 Å². The first-order valence-corrected chi connectivity index (χ1v) is 5.86. The Labute approximate surface area is 103 Å². The van der Waals surface area contributed by atoms with Gasteiger partial charge in [-0.05, 0) is 18.8 Å². The summed E-state index contributed by atoms with van der Waals surface area (Å²) in [6, 6.07) is 0. The molecule has 18 heavy (non-hydrogen) atoms. The van der Waals surface area contributed by atoms with Gasteiger partial charge in [-0.2, -0.15) is 0 Å². The van der Waals surface area contributed by atoms with E-state index in [0.29, 0.717) is 13.0 Å². The lowest BCUT2D eigenvalue weighted by atomic mass is 9.96. The van der Waals surface area contributed by atoms with Crippen LogP contribution in [-0.2, 0) is 4.79 Å². The number of imidazole rings is 1. The van der Waals surface area contributed by atoms with Crippen molar-refractivity contribution in [3.63, 3.8) is 0 Å². The lowest BCUT2D eigenvalue weighted by Gasteiger charge is -2.15. The van der Waals surface area contributed by atoms with Crippen LogP contribution in [0.4, 0.5) is 0 Å². The number of hydrogen-bond acceptors (Lipinski definition) is 3. The Morgan fingerprint density at radius 3 is 2.83 bits per heavy atom. The molecular formula is C11H15N3O4. The minimum absolute atomic E-state index is 0.0305. The molecule has 1 saturated carbocycles. The number of hydrogen-bond donors (Lipinski definition) is 4. The average molecular weight is 253 g/mol. The second-order valence-corrected chi connectivity index (χ2v) is 4.50. The summed E-state index contributed by atoms with van der Waals surface area (Å²) in [7, 11) is 0. The first-order chi connectivity index (χ1) is 8.58. The quantitative estimate of drug-likeness (QED) is 0.601. The minimum atomic E-state index is -0.804. The van der Waals surface area contributed by atoms with Crippen molar-refractivity contribution in [2.75, 3.05) is 6.54 Å². The number of nitrogens with one attached hydrogen (secondary N) is 3. The molecule has 0 aliphatic heterocycles. The number of aromatic nitrogens is 2. The first kappa shape index (κ1) is 12.4. The molecule has 0 saturated heterocycles. The summed E-state index contributed by atoms with van der Waals surface area (Å²) in [5, 5.41) is 11.7. The minimum Gasteiger partial charge on any atom is -0.481 e. The lowest BCUT2D eigenvalue weighted by molar-refractivity contribution is -0.142. The van der Waals surface area contributed by atoms with E-state index in [1.807, 2.05) is 0 Å². The third-order valence-electron chi connectivity index (χ3n) is 3.34. The molecule has 1 fully saturated rings. The molecule has 1 aliphatic carbocycles. The van der Waals surface area contributed by atoms with E-state index in [-0.39, 0.29) is 17.5 Å². The maximum Gasteiger partial charge on any atom is 0.323 e. The van der Waals surface area contributed by atoms with Gasteiger partial charge in [0.15, 0.2) is 0 Å². The molecule has 1 heterocycles. The molecule has 1 aromatic rings. The van der Waals surface area contributed by atoms with Gasteiger partial charge in [0.2, 0.25) is 0 Å². The van der Waals surface area contributed by atoms with Crippen LogP contribution in [0.1, 0.15) is 29.8 Å². The lowest BCUT2D eigenvalue weighted by Crippen LogP contribution is -2.33. The maximum atomic E-state index is 11.6. The second kappa shape index (κ2) is 5.07. The van der Waals surface area contributed by atoms with Crippen molar-refractivity contribution in [2.24, 2.45) is 11.8 Å². The number of amides is 1. The van der Waals surface area contributed by atoms with E-state index >= 15 is 0 Å². The molecule has 0 aromatic carbocycles.